The van der Waals surface area contributed by atoms with E-state index in [-0.39, 0.29) is 5.02 Å². The first-order valence-corrected chi connectivity index (χ1v) is 7.61. The summed E-state index contributed by atoms with van der Waals surface area (Å²) in [5.74, 6) is -1.32. The summed E-state index contributed by atoms with van der Waals surface area (Å²) in [6.07, 6.45) is 0. The SMILES string of the molecule is CC(C)(Oc1ccc(NC(=O)Nc2ccc(F)c(Cl)c2)cc1)C(=O)O. The Morgan fingerprint density at radius 3 is 2.20 bits per heavy atom. The van der Waals surface area contributed by atoms with Gasteiger partial charge < -0.3 is 20.5 Å². The number of hydrogen-bond donors (Lipinski definition) is 3. The number of aliphatic carboxylic acids is 1. The fraction of sp³-hybridized carbons (Fsp3) is 0.176. The highest BCUT2D eigenvalue weighted by molar-refractivity contribution is 6.31. The van der Waals surface area contributed by atoms with E-state index < -0.39 is 23.4 Å². The number of benzene rings is 2. The van der Waals surface area contributed by atoms with E-state index in [1.807, 2.05) is 0 Å². The van der Waals surface area contributed by atoms with Crippen molar-refractivity contribution in [3.63, 3.8) is 0 Å². The van der Waals surface area contributed by atoms with E-state index in [4.69, 9.17) is 21.4 Å². The number of amides is 2. The lowest BCUT2D eigenvalue weighted by molar-refractivity contribution is -0.152. The number of rotatable bonds is 5. The lowest BCUT2D eigenvalue weighted by Gasteiger charge is -2.21. The highest BCUT2D eigenvalue weighted by Gasteiger charge is 2.29. The molecule has 0 atom stereocenters. The van der Waals surface area contributed by atoms with Gasteiger partial charge in [0.2, 0.25) is 0 Å². The summed E-state index contributed by atoms with van der Waals surface area (Å²) in [6, 6.07) is 9.47. The van der Waals surface area contributed by atoms with Crippen molar-refractivity contribution in [2.24, 2.45) is 0 Å². The topological polar surface area (TPSA) is 87.7 Å². The van der Waals surface area contributed by atoms with Gasteiger partial charge >= 0.3 is 12.0 Å². The first kappa shape index (κ1) is 18.5. The summed E-state index contributed by atoms with van der Waals surface area (Å²) in [7, 11) is 0. The van der Waals surface area contributed by atoms with Crippen molar-refractivity contribution >= 4 is 35.0 Å². The van der Waals surface area contributed by atoms with Gasteiger partial charge in [0.1, 0.15) is 11.6 Å². The van der Waals surface area contributed by atoms with Crippen molar-refractivity contribution in [2.75, 3.05) is 10.6 Å². The van der Waals surface area contributed by atoms with Gasteiger partial charge in [0.25, 0.3) is 0 Å². The Bertz CT molecular complexity index is 794. The maximum atomic E-state index is 13.1. The maximum absolute atomic E-state index is 13.1. The van der Waals surface area contributed by atoms with E-state index in [2.05, 4.69) is 10.6 Å². The molecule has 0 heterocycles. The number of carbonyl (C=O) groups is 2. The number of halogens is 2. The van der Waals surface area contributed by atoms with E-state index in [1.54, 1.807) is 12.1 Å². The molecule has 0 saturated heterocycles. The fourth-order valence-electron chi connectivity index (χ4n) is 1.81. The quantitative estimate of drug-likeness (QED) is 0.733. The molecule has 0 radical (unpaired) electrons. The Morgan fingerprint density at radius 2 is 1.64 bits per heavy atom. The van der Waals surface area contributed by atoms with Gasteiger partial charge in [-0.15, -0.1) is 0 Å². The second kappa shape index (κ2) is 7.40. The van der Waals surface area contributed by atoms with Crippen molar-refractivity contribution < 1.29 is 23.8 Å². The molecule has 8 heteroatoms. The zero-order valence-corrected chi connectivity index (χ0v) is 14.2. The van der Waals surface area contributed by atoms with Crippen LogP contribution in [0.4, 0.5) is 20.6 Å². The second-order valence-electron chi connectivity index (χ2n) is 5.65. The Morgan fingerprint density at radius 1 is 1.08 bits per heavy atom. The number of ether oxygens (including phenoxy) is 1. The molecular weight excluding hydrogens is 351 g/mol. The highest BCUT2D eigenvalue weighted by Crippen LogP contribution is 2.22. The lowest BCUT2D eigenvalue weighted by Crippen LogP contribution is -2.37. The molecule has 0 aliphatic heterocycles. The normalized spacial score (nSPS) is 10.9. The van der Waals surface area contributed by atoms with Crippen LogP contribution in [0.25, 0.3) is 0 Å². The Hall–Kier alpha value is -2.80. The second-order valence-corrected chi connectivity index (χ2v) is 6.06. The smallest absolute Gasteiger partial charge is 0.347 e. The van der Waals surface area contributed by atoms with Crippen molar-refractivity contribution in [1.82, 2.24) is 0 Å². The average Bonchev–Trinajstić information content (AvgIpc) is 2.52. The number of carbonyl (C=O) groups excluding carboxylic acids is 1. The molecule has 0 aromatic heterocycles. The average molecular weight is 367 g/mol. The van der Waals surface area contributed by atoms with Crippen LogP contribution in [0.3, 0.4) is 0 Å². The number of hydrogen-bond acceptors (Lipinski definition) is 3. The van der Waals surface area contributed by atoms with Gasteiger partial charge in [0.15, 0.2) is 5.60 Å². The molecule has 0 bridgehead atoms. The number of anilines is 2. The largest absolute Gasteiger partial charge is 0.478 e. The molecule has 25 heavy (non-hydrogen) atoms. The van der Waals surface area contributed by atoms with Gasteiger partial charge in [0.05, 0.1) is 5.02 Å². The predicted octanol–water partition coefficient (Wildman–Crippen LogP) is 4.37. The molecule has 0 aliphatic carbocycles. The zero-order valence-electron chi connectivity index (χ0n) is 13.5. The number of carboxylic acids is 1. The molecule has 0 spiro atoms. The molecule has 0 aliphatic rings. The van der Waals surface area contributed by atoms with Gasteiger partial charge in [-0.25, -0.2) is 14.0 Å². The van der Waals surface area contributed by atoms with Crippen LogP contribution in [-0.2, 0) is 4.79 Å². The summed E-state index contributed by atoms with van der Waals surface area (Å²) in [4.78, 5) is 22.9. The van der Waals surface area contributed by atoms with Crippen LogP contribution in [0.5, 0.6) is 5.75 Å². The van der Waals surface area contributed by atoms with Gasteiger partial charge in [0, 0.05) is 11.4 Å². The van der Waals surface area contributed by atoms with Crippen molar-refractivity contribution in [2.45, 2.75) is 19.4 Å². The summed E-state index contributed by atoms with van der Waals surface area (Å²) < 4.78 is 18.4. The third kappa shape index (κ3) is 5.09. The number of carboxylic acid groups (broad SMARTS) is 1. The molecule has 2 aromatic carbocycles. The molecule has 0 fully saturated rings. The number of urea groups is 1. The van der Waals surface area contributed by atoms with Crippen LogP contribution >= 0.6 is 11.6 Å². The minimum Gasteiger partial charge on any atom is -0.478 e. The van der Waals surface area contributed by atoms with Crippen molar-refractivity contribution in [3.05, 3.63) is 53.3 Å². The van der Waals surface area contributed by atoms with E-state index in [0.29, 0.717) is 17.1 Å². The van der Waals surface area contributed by atoms with E-state index in [0.717, 1.165) is 6.07 Å². The summed E-state index contributed by atoms with van der Waals surface area (Å²) in [5, 5.41) is 14.0. The maximum Gasteiger partial charge on any atom is 0.347 e. The molecule has 6 nitrogen and oxygen atoms in total. The van der Waals surface area contributed by atoms with E-state index in [1.165, 1.54) is 38.1 Å². The van der Waals surface area contributed by atoms with Crippen molar-refractivity contribution in [3.8, 4) is 5.75 Å². The standard InChI is InChI=1S/C17H16ClFN2O4/c1-17(2,15(22)23)25-12-6-3-10(4-7-12)20-16(24)21-11-5-8-14(19)13(18)9-11/h3-9H,1-2H3,(H,22,23)(H2,20,21,24). The Kier molecular flexibility index (Phi) is 5.48. The number of nitrogens with one attached hydrogen (secondary N) is 2. The van der Waals surface area contributed by atoms with E-state index in [9.17, 15) is 14.0 Å². The van der Waals surface area contributed by atoms with Crippen molar-refractivity contribution in [1.29, 1.82) is 0 Å². The third-order valence-electron chi connectivity index (χ3n) is 3.18. The zero-order chi connectivity index (χ0) is 18.6. The molecule has 2 rings (SSSR count). The summed E-state index contributed by atoms with van der Waals surface area (Å²) >= 11 is 5.65. The third-order valence-corrected chi connectivity index (χ3v) is 3.47. The Balaban J connectivity index is 1.97. The minimum atomic E-state index is -1.37. The summed E-state index contributed by atoms with van der Waals surface area (Å²) in [6.45, 7) is 2.87. The van der Waals surface area contributed by atoms with Crippen LogP contribution in [0.15, 0.2) is 42.5 Å². The minimum absolute atomic E-state index is 0.0969. The first-order valence-electron chi connectivity index (χ1n) is 7.23. The van der Waals surface area contributed by atoms with E-state index >= 15 is 0 Å². The molecule has 3 N–H and O–H groups in total. The van der Waals surface area contributed by atoms with Crippen LogP contribution in [0.2, 0.25) is 5.02 Å². The first-order chi connectivity index (χ1) is 11.7. The van der Waals surface area contributed by atoms with Gasteiger partial charge in [-0.1, -0.05) is 11.6 Å². The molecule has 0 saturated carbocycles. The molecule has 2 amide bonds. The van der Waals surface area contributed by atoms with Crippen LogP contribution in [-0.4, -0.2) is 22.7 Å². The molecular formula is C17H16ClFN2O4. The van der Waals surface area contributed by atoms with Crippen LogP contribution < -0.4 is 15.4 Å². The highest BCUT2D eigenvalue weighted by atomic mass is 35.5. The molecule has 2 aromatic rings. The molecule has 132 valence electrons. The fourth-order valence-corrected chi connectivity index (χ4v) is 1.99. The lowest BCUT2D eigenvalue weighted by atomic mass is 10.1. The molecule has 0 unspecified atom stereocenters. The van der Waals surface area contributed by atoms with Gasteiger partial charge in [-0.05, 0) is 56.3 Å². The predicted molar refractivity (Wildman–Crippen MR) is 92.8 cm³/mol. The van der Waals surface area contributed by atoms with Crippen LogP contribution in [0.1, 0.15) is 13.8 Å². The van der Waals surface area contributed by atoms with Crippen LogP contribution in [0, 0.1) is 5.82 Å². The monoisotopic (exact) mass is 366 g/mol. The summed E-state index contributed by atoms with van der Waals surface area (Å²) in [5.41, 5.74) is -0.563. The van der Waals surface area contributed by atoms with Gasteiger partial charge in [-0.3, -0.25) is 0 Å². The van der Waals surface area contributed by atoms with Gasteiger partial charge in [-0.2, -0.15) is 0 Å². The Labute approximate surface area is 148 Å².